The Morgan fingerprint density at radius 1 is 1.38 bits per heavy atom. The van der Waals surface area contributed by atoms with Crippen LogP contribution in [0.15, 0.2) is 16.7 Å². The Kier molecular flexibility index (Phi) is 2.65. The smallest absolute Gasteiger partial charge is 0.177 e. The van der Waals surface area contributed by atoms with Crippen LogP contribution in [0.3, 0.4) is 0 Å². The SMILES string of the molecule is Brc1cnc2nc(C3CCOCC3)[nH]c2c1. The standard InChI is InChI=1S/C11H12BrN3O/c12-8-5-9-11(13-6-8)15-10(14-9)7-1-3-16-4-2-7/h5-7H,1-4H2,(H,13,14,15). The third-order valence-electron chi connectivity index (χ3n) is 2.93. The highest BCUT2D eigenvalue weighted by atomic mass is 79.9. The molecule has 1 aliphatic rings. The Balaban J connectivity index is 1.97. The lowest BCUT2D eigenvalue weighted by molar-refractivity contribution is 0.0838. The number of aromatic nitrogens is 3. The van der Waals surface area contributed by atoms with Crippen LogP contribution in [-0.4, -0.2) is 28.2 Å². The van der Waals surface area contributed by atoms with Crippen molar-refractivity contribution in [2.45, 2.75) is 18.8 Å². The molecule has 84 valence electrons. The van der Waals surface area contributed by atoms with E-state index < -0.39 is 0 Å². The van der Waals surface area contributed by atoms with Gasteiger partial charge in [0.25, 0.3) is 0 Å². The fourth-order valence-corrected chi connectivity index (χ4v) is 2.39. The highest BCUT2D eigenvalue weighted by Gasteiger charge is 2.19. The fourth-order valence-electron chi connectivity index (χ4n) is 2.06. The number of ether oxygens (including phenoxy) is 1. The lowest BCUT2D eigenvalue weighted by Gasteiger charge is -2.19. The van der Waals surface area contributed by atoms with Gasteiger partial charge in [-0.05, 0) is 34.8 Å². The Hall–Kier alpha value is -0.940. The zero-order chi connectivity index (χ0) is 11.0. The Morgan fingerprint density at radius 2 is 2.19 bits per heavy atom. The molecule has 16 heavy (non-hydrogen) atoms. The summed E-state index contributed by atoms with van der Waals surface area (Å²) in [5, 5.41) is 0. The number of imidazole rings is 1. The van der Waals surface area contributed by atoms with Crippen molar-refractivity contribution in [3.8, 4) is 0 Å². The van der Waals surface area contributed by atoms with Gasteiger partial charge in [0, 0.05) is 29.8 Å². The number of nitrogens with one attached hydrogen (secondary N) is 1. The summed E-state index contributed by atoms with van der Waals surface area (Å²) < 4.78 is 6.32. The summed E-state index contributed by atoms with van der Waals surface area (Å²) in [7, 11) is 0. The summed E-state index contributed by atoms with van der Waals surface area (Å²) in [6, 6.07) is 2.01. The molecule has 3 rings (SSSR count). The molecule has 4 nitrogen and oxygen atoms in total. The molecule has 0 aliphatic carbocycles. The van der Waals surface area contributed by atoms with E-state index in [1.54, 1.807) is 6.20 Å². The quantitative estimate of drug-likeness (QED) is 0.874. The molecule has 3 heterocycles. The maximum absolute atomic E-state index is 5.35. The van der Waals surface area contributed by atoms with E-state index in [9.17, 15) is 0 Å². The zero-order valence-electron chi connectivity index (χ0n) is 8.74. The van der Waals surface area contributed by atoms with Crippen LogP contribution in [0.2, 0.25) is 0 Å². The van der Waals surface area contributed by atoms with Gasteiger partial charge in [-0.2, -0.15) is 0 Å². The number of aromatic amines is 1. The first-order chi connectivity index (χ1) is 7.83. The summed E-state index contributed by atoms with van der Waals surface area (Å²) in [4.78, 5) is 12.2. The van der Waals surface area contributed by atoms with Gasteiger partial charge in [0.1, 0.15) is 5.82 Å². The molecule has 1 fully saturated rings. The first-order valence-electron chi connectivity index (χ1n) is 5.42. The largest absolute Gasteiger partial charge is 0.381 e. The molecule has 0 bridgehead atoms. The van der Waals surface area contributed by atoms with Gasteiger partial charge >= 0.3 is 0 Å². The molecule has 2 aromatic rings. The molecule has 1 saturated heterocycles. The monoisotopic (exact) mass is 281 g/mol. The lowest BCUT2D eigenvalue weighted by atomic mass is 10.00. The minimum absolute atomic E-state index is 0.488. The zero-order valence-corrected chi connectivity index (χ0v) is 10.3. The molecule has 0 radical (unpaired) electrons. The summed E-state index contributed by atoms with van der Waals surface area (Å²) in [5.74, 6) is 1.53. The Bertz CT molecular complexity index is 505. The van der Waals surface area contributed by atoms with E-state index in [4.69, 9.17) is 4.74 Å². The van der Waals surface area contributed by atoms with E-state index in [-0.39, 0.29) is 0 Å². The third kappa shape index (κ3) is 1.85. The number of H-pyrrole nitrogens is 1. The van der Waals surface area contributed by atoms with E-state index >= 15 is 0 Å². The van der Waals surface area contributed by atoms with E-state index in [0.29, 0.717) is 5.92 Å². The van der Waals surface area contributed by atoms with Gasteiger partial charge in [-0.3, -0.25) is 0 Å². The molecule has 0 spiro atoms. The highest BCUT2D eigenvalue weighted by Crippen LogP contribution is 2.26. The Labute approximate surface area is 102 Å². The highest BCUT2D eigenvalue weighted by molar-refractivity contribution is 9.10. The van der Waals surface area contributed by atoms with Crippen LogP contribution < -0.4 is 0 Å². The molecule has 0 saturated carbocycles. The van der Waals surface area contributed by atoms with E-state index in [0.717, 1.165) is 47.5 Å². The molecule has 1 N–H and O–H groups in total. The molecule has 0 atom stereocenters. The number of fused-ring (bicyclic) bond motifs is 1. The van der Waals surface area contributed by atoms with Crippen LogP contribution in [0.4, 0.5) is 0 Å². The number of nitrogens with zero attached hydrogens (tertiary/aromatic N) is 2. The first-order valence-corrected chi connectivity index (χ1v) is 6.21. The summed E-state index contributed by atoms with van der Waals surface area (Å²) in [5.41, 5.74) is 1.79. The van der Waals surface area contributed by atoms with Crippen LogP contribution in [0.25, 0.3) is 11.2 Å². The number of rotatable bonds is 1. The van der Waals surface area contributed by atoms with Crippen molar-refractivity contribution in [1.29, 1.82) is 0 Å². The molecule has 0 unspecified atom stereocenters. The second-order valence-corrected chi connectivity index (χ2v) is 4.95. The lowest BCUT2D eigenvalue weighted by Crippen LogP contribution is -2.15. The van der Waals surface area contributed by atoms with E-state index in [2.05, 4.69) is 30.9 Å². The third-order valence-corrected chi connectivity index (χ3v) is 3.36. The van der Waals surface area contributed by atoms with Crippen LogP contribution in [-0.2, 0) is 4.74 Å². The van der Waals surface area contributed by atoms with E-state index in [1.165, 1.54) is 0 Å². The predicted molar refractivity (Wildman–Crippen MR) is 64.4 cm³/mol. The van der Waals surface area contributed by atoms with Crippen molar-refractivity contribution in [3.05, 3.63) is 22.6 Å². The van der Waals surface area contributed by atoms with Crippen LogP contribution in [0.1, 0.15) is 24.6 Å². The van der Waals surface area contributed by atoms with Gasteiger partial charge in [-0.15, -0.1) is 0 Å². The molecule has 0 amide bonds. The van der Waals surface area contributed by atoms with Gasteiger partial charge in [0.2, 0.25) is 0 Å². The first kappa shape index (κ1) is 10.2. The molecule has 1 aliphatic heterocycles. The molecule has 2 aromatic heterocycles. The number of pyridine rings is 1. The molecule has 0 aromatic carbocycles. The van der Waals surface area contributed by atoms with Gasteiger partial charge in [0.15, 0.2) is 5.65 Å². The van der Waals surface area contributed by atoms with Gasteiger partial charge in [-0.1, -0.05) is 0 Å². The maximum atomic E-state index is 5.35. The number of halogens is 1. The minimum atomic E-state index is 0.488. The van der Waals surface area contributed by atoms with E-state index in [1.807, 2.05) is 6.07 Å². The predicted octanol–water partition coefficient (Wildman–Crippen LogP) is 2.61. The van der Waals surface area contributed by atoms with Crippen molar-refractivity contribution in [2.24, 2.45) is 0 Å². The average molecular weight is 282 g/mol. The van der Waals surface area contributed by atoms with Gasteiger partial charge in [0.05, 0.1) is 5.52 Å². The van der Waals surface area contributed by atoms with Crippen molar-refractivity contribution in [3.63, 3.8) is 0 Å². The van der Waals surface area contributed by atoms with Crippen molar-refractivity contribution >= 4 is 27.1 Å². The second-order valence-electron chi connectivity index (χ2n) is 4.03. The summed E-state index contributed by atoms with van der Waals surface area (Å²) in [6.07, 6.45) is 3.86. The van der Waals surface area contributed by atoms with Gasteiger partial charge in [-0.25, -0.2) is 9.97 Å². The minimum Gasteiger partial charge on any atom is -0.381 e. The van der Waals surface area contributed by atoms with Crippen molar-refractivity contribution in [2.75, 3.05) is 13.2 Å². The maximum Gasteiger partial charge on any atom is 0.177 e. The average Bonchev–Trinajstić information content (AvgIpc) is 2.73. The molecular weight excluding hydrogens is 270 g/mol. The normalized spacial score (nSPS) is 18.1. The molecule has 5 heteroatoms. The topological polar surface area (TPSA) is 50.8 Å². The van der Waals surface area contributed by atoms with Crippen LogP contribution in [0, 0.1) is 0 Å². The summed E-state index contributed by atoms with van der Waals surface area (Å²) in [6.45, 7) is 1.66. The van der Waals surface area contributed by atoms with Crippen molar-refractivity contribution in [1.82, 2.24) is 15.0 Å². The van der Waals surface area contributed by atoms with Crippen molar-refractivity contribution < 1.29 is 4.74 Å². The van der Waals surface area contributed by atoms with Gasteiger partial charge < -0.3 is 9.72 Å². The van der Waals surface area contributed by atoms with Crippen LogP contribution >= 0.6 is 15.9 Å². The number of hydrogen-bond donors (Lipinski definition) is 1. The summed E-state index contributed by atoms with van der Waals surface area (Å²) >= 11 is 3.41. The second kappa shape index (κ2) is 4.14. The van der Waals surface area contributed by atoms with Crippen LogP contribution in [0.5, 0.6) is 0 Å². The molecular formula is C11H12BrN3O. The fraction of sp³-hybridized carbons (Fsp3) is 0.455. The Morgan fingerprint density at radius 3 is 3.00 bits per heavy atom. The number of hydrogen-bond acceptors (Lipinski definition) is 3.